The summed E-state index contributed by atoms with van der Waals surface area (Å²) in [5.41, 5.74) is 1.24. The van der Waals surface area contributed by atoms with Gasteiger partial charge in [0.15, 0.2) is 10.7 Å². The van der Waals surface area contributed by atoms with Crippen LogP contribution in [0, 0.1) is 0 Å². The van der Waals surface area contributed by atoms with Gasteiger partial charge >= 0.3 is 5.97 Å². The first-order valence-corrected chi connectivity index (χ1v) is 4.79. The van der Waals surface area contributed by atoms with Gasteiger partial charge in [0.1, 0.15) is 0 Å². The van der Waals surface area contributed by atoms with Crippen molar-refractivity contribution in [3.05, 3.63) is 23.0 Å². The van der Waals surface area contributed by atoms with Crippen LogP contribution in [-0.4, -0.2) is 20.5 Å². The lowest BCUT2D eigenvalue weighted by molar-refractivity contribution is 0.0689. The van der Waals surface area contributed by atoms with Gasteiger partial charge in [0.25, 0.3) is 0 Å². The van der Waals surface area contributed by atoms with Crippen molar-refractivity contribution in [3.63, 3.8) is 0 Å². The molecule has 0 fully saturated rings. The number of hydrogen-bond donors (Lipinski definition) is 1. The van der Waals surface area contributed by atoms with E-state index < -0.39 is 5.97 Å². The fourth-order valence-corrected chi connectivity index (χ4v) is 2.21. The predicted molar refractivity (Wildman–Crippen MR) is 49.4 cm³/mol. The smallest absolute Gasteiger partial charge is 0.354 e. The quantitative estimate of drug-likeness (QED) is 0.794. The number of aromatic carboxylic acids is 1. The molecule has 0 radical (unpaired) electrons. The van der Waals surface area contributed by atoms with Gasteiger partial charge in [0, 0.05) is 11.1 Å². The normalized spacial score (nSPS) is 10.8. The number of carboxylic acids is 1. The van der Waals surface area contributed by atoms with Gasteiger partial charge in [0.05, 0.1) is 6.20 Å². The molecule has 0 bridgehead atoms. The third-order valence-electron chi connectivity index (χ3n) is 1.90. The Kier molecular flexibility index (Phi) is 1.81. The van der Waals surface area contributed by atoms with E-state index in [0.29, 0.717) is 0 Å². The number of rotatable bonds is 2. The van der Waals surface area contributed by atoms with Crippen molar-refractivity contribution < 1.29 is 9.90 Å². The van der Waals surface area contributed by atoms with Crippen molar-refractivity contribution in [2.45, 2.75) is 13.3 Å². The van der Waals surface area contributed by atoms with Gasteiger partial charge in [-0.1, -0.05) is 6.92 Å². The highest BCUT2D eigenvalue weighted by atomic mass is 32.1. The molecule has 68 valence electrons. The van der Waals surface area contributed by atoms with Crippen LogP contribution in [0.2, 0.25) is 0 Å². The van der Waals surface area contributed by atoms with E-state index in [1.807, 2.05) is 12.3 Å². The first kappa shape index (κ1) is 8.25. The molecular formula is C8H8N2O2S. The average Bonchev–Trinajstić information content (AvgIpc) is 2.61. The molecule has 0 unspecified atom stereocenters. The van der Waals surface area contributed by atoms with Crippen LogP contribution in [0.4, 0.5) is 0 Å². The zero-order valence-electron chi connectivity index (χ0n) is 7.02. The van der Waals surface area contributed by atoms with E-state index in [-0.39, 0.29) is 5.69 Å². The summed E-state index contributed by atoms with van der Waals surface area (Å²) in [7, 11) is 0. The van der Waals surface area contributed by atoms with E-state index in [1.165, 1.54) is 17.5 Å². The molecule has 0 aliphatic rings. The Morgan fingerprint density at radius 3 is 3.15 bits per heavy atom. The summed E-state index contributed by atoms with van der Waals surface area (Å²) in [5, 5.41) is 10.8. The highest BCUT2D eigenvalue weighted by Gasteiger charge is 2.13. The molecule has 5 heteroatoms. The van der Waals surface area contributed by atoms with Crippen molar-refractivity contribution in [2.24, 2.45) is 0 Å². The van der Waals surface area contributed by atoms with Crippen LogP contribution in [0.5, 0.6) is 0 Å². The summed E-state index contributed by atoms with van der Waals surface area (Å²) in [4.78, 5) is 15.5. The van der Waals surface area contributed by atoms with Gasteiger partial charge in [-0.15, -0.1) is 11.3 Å². The maximum Gasteiger partial charge on any atom is 0.354 e. The fraction of sp³-hybridized carbons (Fsp3) is 0.250. The summed E-state index contributed by atoms with van der Waals surface area (Å²) in [6.07, 6.45) is 2.21. The molecule has 0 saturated carbocycles. The van der Waals surface area contributed by atoms with E-state index in [2.05, 4.69) is 4.98 Å². The third-order valence-corrected chi connectivity index (χ3v) is 2.79. The Morgan fingerprint density at radius 1 is 1.77 bits per heavy atom. The molecule has 0 aliphatic carbocycles. The van der Waals surface area contributed by atoms with E-state index in [1.54, 1.807) is 4.40 Å². The summed E-state index contributed by atoms with van der Waals surface area (Å²) >= 11 is 1.47. The molecule has 0 aromatic carbocycles. The van der Waals surface area contributed by atoms with Crippen molar-refractivity contribution >= 4 is 22.3 Å². The van der Waals surface area contributed by atoms with Crippen LogP contribution < -0.4 is 0 Å². The van der Waals surface area contributed by atoms with Crippen LogP contribution in [0.1, 0.15) is 23.1 Å². The monoisotopic (exact) mass is 196 g/mol. The largest absolute Gasteiger partial charge is 0.477 e. The average molecular weight is 196 g/mol. The Hall–Kier alpha value is -1.36. The molecule has 2 aromatic rings. The molecule has 2 rings (SSSR count). The molecule has 0 spiro atoms. The number of thiazole rings is 1. The Labute approximate surface area is 78.5 Å². The minimum atomic E-state index is -0.930. The number of carboxylic acid groups (broad SMARTS) is 1. The molecule has 1 N–H and O–H groups in total. The standard InChI is InChI=1S/C8H8N2O2S/c1-2-5-4-13-8-9-3-6(7(11)12)10(5)8/h3-4H,2H2,1H3,(H,11,12). The Balaban J connectivity index is 2.75. The molecular weight excluding hydrogens is 188 g/mol. The van der Waals surface area contributed by atoms with Crippen molar-refractivity contribution in [1.82, 2.24) is 9.38 Å². The lowest BCUT2D eigenvalue weighted by atomic mass is 10.3. The fourth-order valence-electron chi connectivity index (χ4n) is 1.26. The first-order valence-electron chi connectivity index (χ1n) is 3.91. The summed E-state index contributed by atoms with van der Waals surface area (Å²) in [6, 6.07) is 0. The number of hydrogen-bond acceptors (Lipinski definition) is 3. The van der Waals surface area contributed by atoms with Gasteiger partial charge in [-0.2, -0.15) is 0 Å². The lowest BCUT2D eigenvalue weighted by Gasteiger charge is -1.95. The van der Waals surface area contributed by atoms with Crippen LogP contribution in [0.15, 0.2) is 11.6 Å². The highest BCUT2D eigenvalue weighted by Crippen LogP contribution is 2.18. The van der Waals surface area contributed by atoms with Gasteiger partial charge in [-0.05, 0) is 6.42 Å². The zero-order valence-corrected chi connectivity index (χ0v) is 7.84. The van der Waals surface area contributed by atoms with E-state index in [4.69, 9.17) is 5.11 Å². The molecule has 2 heterocycles. The number of aryl methyl sites for hydroxylation is 1. The first-order chi connectivity index (χ1) is 6.24. The SMILES string of the molecule is CCc1csc2ncc(C(=O)O)n12. The summed E-state index contributed by atoms with van der Waals surface area (Å²) in [5.74, 6) is -0.930. The van der Waals surface area contributed by atoms with Gasteiger partial charge in [-0.3, -0.25) is 4.40 Å². The number of fused-ring (bicyclic) bond motifs is 1. The Morgan fingerprint density at radius 2 is 2.54 bits per heavy atom. The zero-order chi connectivity index (χ0) is 9.42. The predicted octanol–water partition coefficient (Wildman–Crippen LogP) is 1.66. The van der Waals surface area contributed by atoms with Crippen LogP contribution in [0.3, 0.4) is 0 Å². The van der Waals surface area contributed by atoms with Gasteiger partial charge < -0.3 is 5.11 Å². The highest BCUT2D eigenvalue weighted by molar-refractivity contribution is 7.15. The molecule has 4 nitrogen and oxygen atoms in total. The van der Waals surface area contributed by atoms with E-state index in [9.17, 15) is 4.79 Å². The van der Waals surface area contributed by atoms with Gasteiger partial charge in [0.2, 0.25) is 0 Å². The maximum absolute atomic E-state index is 10.8. The van der Waals surface area contributed by atoms with Gasteiger partial charge in [-0.25, -0.2) is 9.78 Å². The molecule has 2 aromatic heterocycles. The second-order valence-electron chi connectivity index (χ2n) is 2.65. The lowest BCUT2D eigenvalue weighted by Crippen LogP contribution is -2.02. The summed E-state index contributed by atoms with van der Waals surface area (Å²) < 4.78 is 1.69. The number of carbonyl (C=O) groups is 1. The molecule has 0 saturated heterocycles. The third kappa shape index (κ3) is 1.12. The molecule has 0 amide bonds. The summed E-state index contributed by atoms with van der Waals surface area (Å²) in [6.45, 7) is 1.99. The molecule has 0 atom stereocenters. The van der Waals surface area contributed by atoms with Crippen LogP contribution in [0.25, 0.3) is 4.96 Å². The number of nitrogens with zero attached hydrogens (tertiary/aromatic N) is 2. The van der Waals surface area contributed by atoms with Crippen molar-refractivity contribution in [1.29, 1.82) is 0 Å². The van der Waals surface area contributed by atoms with Crippen molar-refractivity contribution in [2.75, 3.05) is 0 Å². The van der Waals surface area contributed by atoms with E-state index in [0.717, 1.165) is 17.1 Å². The topological polar surface area (TPSA) is 54.6 Å². The van der Waals surface area contributed by atoms with Crippen LogP contribution >= 0.6 is 11.3 Å². The maximum atomic E-state index is 10.8. The van der Waals surface area contributed by atoms with Crippen molar-refractivity contribution in [3.8, 4) is 0 Å². The second-order valence-corrected chi connectivity index (χ2v) is 3.48. The van der Waals surface area contributed by atoms with E-state index >= 15 is 0 Å². The minimum absolute atomic E-state index is 0.244. The van der Waals surface area contributed by atoms with Crippen LogP contribution in [-0.2, 0) is 6.42 Å². The minimum Gasteiger partial charge on any atom is -0.477 e. The molecule has 13 heavy (non-hydrogen) atoms. The number of imidazole rings is 1. The molecule has 0 aliphatic heterocycles. The number of aromatic nitrogens is 2. The Bertz CT molecular complexity index is 458. The second kappa shape index (κ2) is 2.85.